The molecule has 1 unspecified atom stereocenters. The number of hydrogen-bond donors (Lipinski definition) is 1. The number of rotatable bonds is 1. The molecule has 1 saturated heterocycles. The molecule has 3 rings (SSSR count). The number of nitrogens with two attached hydrogens (primary N) is 1. The van der Waals surface area contributed by atoms with E-state index in [1.807, 2.05) is 4.90 Å². The minimum atomic E-state index is -0.261. The molecule has 2 heterocycles. The number of likely N-dealkylation sites (tertiary alicyclic amines) is 1. The minimum Gasteiger partial charge on any atom is -0.385 e. The maximum Gasteiger partial charge on any atom is 0.346 e. The van der Waals surface area contributed by atoms with Crippen LogP contribution in [-0.2, 0) is 0 Å². The van der Waals surface area contributed by atoms with Crippen LogP contribution in [0, 0.1) is 0 Å². The molecule has 1 aliphatic carbocycles. The van der Waals surface area contributed by atoms with E-state index in [-0.39, 0.29) is 11.6 Å². The van der Waals surface area contributed by atoms with Crippen LogP contribution in [0.3, 0.4) is 0 Å². The molecule has 0 aromatic rings. The van der Waals surface area contributed by atoms with Gasteiger partial charge in [0.25, 0.3) is 0 Å². The lowest BCUT2D eigenvalue weighted by molar-refractivity contribution is 0.154. The second-order valence-electron chi connectivity index (χ2n) is 5.57. The molecule has 2 amide bonds. The monoisotopic (exact) mass is 236 g/mol. The summed E-state index contributed by atoms with van der Waals surface area (Å²) in [6, 6.07) is 0.297. The van der Waals surface area contributed by atoms with Gasteiger partial charge in [0.2, 0.25) is 0 Å². The quantitative estimate of drug-likeness (QED) is 0.732. The number of carbonyl (C=O) groups excluding carboxylic acids is 1. The summed E-state index contributed by atoms with van der Waals surface area (Å²) in [7, 11) is 2.13. The first kappa shape index (κ1) is 11.0. The zero-order valence-electron chi connectivity index (χ0n) is 10.4. The molecule has 5 heteroatoms. The number of urea groups is 1. The smallest absolute Gasteiger partial charge is 0.346 e. The largest absolute Gasteiger partial charge is 0.385 e. The topological polar surface area (TPSA) is 61.9 Å². The molecule has 2 fully saturated rings. The van der Waals surface area contributed by atoms with Gasteiger partial charge in [-0.25, -0.2) is 4.79 Å². The highest BCUT2D eigenvalue weighted by Gasteiger charge is 2.53. The van der Waals surface area contributed by atoms with Gasteiger partial charge in [0, 0.05) is 12.6 Å². The molecule has 2 aliphatic heterocycles. The van der Waals surface area contributed by atoms with Crippen molar-refractivity contribution in [1.29, 1.82) is 0 Å². The minimum absolute atomic E-state index is 0.102. The Labute approximate surface area is 102 Å². The fourth-order valence-electron chi connectivity index (χ4n) is 3.16. The van der Waals surface area contributed by atoms with Gasteiger partial charge in [-0.2, -0.15) is 4.99 Å². The number of amides is 2. The fourth-order valence-corrected chi connectivity index (χ4v) is 3.16. The van der Waals surface area contributed by atoms with E-state index < -0.39 is 0 Å². The van der Waals surface area contributed by atoms with Gasteiger partial charge in [-0.05, 0) is 45.7 Å². The first-order valence-electron chi connectivity index (χ1n) is 6.50. The average molecular weight is 236 g/mol. The van der Waals surface area contributed by atoms with Gasteiger partial charge >= 0.3 is 6.03 Å². The lowest BCUT2D eigenvalue weighted by Gasteiger charge is -2.37. The lowest BCUT2D eigenvalue weighted by Crippen LogP contribution is -2.55. The molecule has 5 nitrogen and oxygen atoms in total. The van der Waals surface area contributed by atoms with Crippen LogP contribution in [0.1, 0.15) is 32.1 Å². The van der Waals surface area contributed by atoms with Crippen molar-refractivity contribution < 1.29 is 4.79 Å². The molecular formula is C12H20N4O. The van der Waals surface area contributed by atoms with Crippen LogP contribution in [0.25, 0.3) is 0 Å². The third-order valence-corrected chi connectivity index (χ3v) is 4.31. The van der Waals surface area contributed by atoms with E-state index in [4.69, 9.17) is 5.73 Å². The summed E-state index contributed by atoms with van der Waals surface area (Å²) in [6.45, 7) is 2.08. The van der Waals surface area contributed by atoms with Crippen LogP contribution in [0.2, 0.25) is 0 Å². The van der Waals surface area contributed by atoms with Crippen molar-refractivity contribution in [2.45, 2.75) is 43.7 Å². The van der Waals surface area contributed by atoms with Crippen molar-refractivity contribution in [2.75, 3.05) is 20.1 Å². The Balaban J connectivity index is 1.91. The normalized spacial score (nSPS) is 35.2. The summed E-state index contributed by atoms with van der Waals surface area (Å²) in [5, 5.41) is 0. The van der Waals surface area contributed by atoms with Gasteiger partial charge in [-0.1, -0.05) is 0 Å². The molecular weight excluding hydrogens is 216 g/mol. The van der Waals surface area contributed by atoms with E-state index in [2.05, 4.69) is 16.9 Å². The van der Waals surface area contributed by atoms with Crippen LogP contribution >= 0.6 is 0 Å². The highest BCUT2D eigenvalue weighted by atomic mass is 16.2. The molecule has 94 valence electrons. The highest BCUT2D eigenvalue weighted by Crippen LogP contribution is 2.41. The SMILES string of the molecule is CN1CCCC2(CC1)C(N)=NC(=O)N2C1CC1. The van der Waals surface area contributed by atoms with E-state index in [9.17, 15) is 4.79 Å². The second kappa shape index (κ2) is 3.70. The molecule has 1 saturated carbocycles. The molecule has 0 bridgehead atoms. The summed E-state index contributed by atoms with van der Waals surface area (Å²) >= 11 is 0. The molecule has 1 atom stereocenters. The Morgan fingerprint density at radius 2 is 2.12 bits per heavy atom. The highest BCUT2D eigenvalue weighted by molar-refractivity contribution is 6.06. The summed E-state index contributed by atoms with van der Waals surface area (Å²) in [5.74, 6) is 0.560. The zero-order chi connectivity index (χ0) is 12.0. The van der Waals surface area contributed by atoms with Crippen molar-refractivity contribution in [3.05, 3.63) is 0 Å². The third-order valence-electron chi connectivity index (χ3n) is 4.31. The number of aliphatic imine (C=N–C) groups is 1. The Morgan fingerprint density at radius 3 is 2.82 bits per heavy atom. The maximum absolute atomic E-state index is 12.0. The molecule has 3 aliphatic rings. The first-order chi connectivity index (χ1) is 8.13. The van der Waals surface area contributed by atoms with E-state index in [0.717, 1.165) is 45.2 Å². The van der Waals surface area contributed by atoms with Crippen molar-refractivity contribution in [2.24, 2.45) is 10.7 Å². The maximum atomic E-state index is 12.0. The number of amidine groups is 1. The molecule has 17 heavy (non-hydrogen) atoms. The van der Waals surface area contributed by atoms with Gasteiger partial charge < -0.3 is 15.5 Å². The number of nitrogens with zero attached hydrogens (tertiary/aromatic N) is 3. The van der Waals surface area contributed by atoms with E-state index in [1.165, 1.54) is 0 Å². The van der Waals surface area contributed by atoms with Gasteiger partial charge in [0.05, 0.1) is 0 Å². The van der Waals surface area contributed by atoms with Crippen LogP contribution in [0.4, 0.5) is 4.79 Å². The molecule has 0 aromatic carbocycles. The zero-order valence-corrected chi connectivity index (χ0v) is 10.4. The van der Waals surface area contributed by atoms with E-state index in [0.29, 0.717) is 11.9 Å². The van der Waals surface area contributed by atoms with Crippen molar-refractivity contribution >= 4 is 11.9 Å². The first-order valence-corrected chi connectivity index (χ1v) is 6.50. The lowest BCUT2D eigenvalue weighted by atomic mass is 9.88. The van der Waals surface area contributed by atoms with Crippen LogP contribution < -0.4 is 5.73 Å². The van der Waals surface area contributed by atoms with Gasteiger partial charge in [0.1, 0.15) is 11.4 Å². The molecule has 0 aromatic heterocycles. The van der Waals surface area contributed by atoms with E-state index in [1.54, 1.807) is 0 Å². The summed E-state index contributed by atoms with van der Waals surface area (Å²) in [5.41, 5.74) is 5.81. The van der Waals surface area contributed by atoms with Crippen molar-refractivity contribution in [3.63, 3.8) is 0 Å². The predicted octanol–water partition coefficient (Wildman–Crippen LogP) is 0.796. The Morgan fingerprint density at radius 1 is 1.35 bits per heavy atom. The van der Waals surface area contributed by atoms with E-state index >= 15 is 0 Å². The van der Waals surface area contributed by atoms with Crippen LogP contribution in [0.5, 0.6) is 0 Å². The Hall–Kier alpha value is -1.10. The standard InChI is InChI=1S/C12H20N4O/c1-15-7-2-5-12(6-8-15)10(13)14-11(17)16(12)9-3-4-9/h9H,2-8H2,1H3,(H2,13,14,17). The summed E-state index contributed by atoms with van der Waals surface area (Å²) in [4.78, 5) is 20.3. The van der Waals surface area contributed by atoms with Crippen LogP contribution in [0.15, 0.2) is 4.99 Å². The van der Waals surface area contributed by atoms with Gasteiger partial charge in [-0.15, -0.1) is 0 Å². The number of hydrogen-bond acceptors (Lipinski definition) is 3. The van der Waals surface area contributed by atoms with Crippen LogP contribution in [-0.4, -0.2) is 53.4 Å². The Bertz CT molecular complexity index is 377. The second-order valence-corrected chi connectivity index (χ2v) is 5.57. The van der Waals surface area contributed by atoms with Crippen molar-refractivity contribution in [1.82, 2.24) is 9.80 Å². The predicted molar refractivity (Wildman–Crippen MR) is 66.0 cm³/mol. The summed E-state index contributed by atoms with van der Waals surface area (Å²) < 4.78 is 0. The molecule has 1 spiro atoms. The number of carbonyl (C=O) groups is 1. The fraction of sp³-hybridized carbons (Fsp3) is 0.833. The summed E-state index contributed by atoms with van der Waals surface area (Å²) in [6.07, 6.45) is 5.22. The van der Waals surface area contributed by atoms with Gasteiger partial charge in [0.15, 0.2) is 0 Å². The third kappa shape index (κ3) is 1.64. The molecule has 0 radical (unpaired) electrons. The van der Waals surface area contributed by atoms with Gasteiger partial charge in [-0.3, -0.25) is 0 Å². The molecule has 2 N–H and O–H groups in total. The Kier molecular flexibility index (Phi) is 2.40. The van der Waals surface area contributed by atoms with Crippen molar-refractivity contribution in [3.8, 4) is 0 Å². The average Bonchev–Trinajstić information content (AvgIpc) is 3.06.